The largest absolute Gasteiger partial charge is 0.378 e. The maximum absolute atomic E-state index is 12.7. The van der Waals surface area contributed by atoms with Crippen LogP contribution in [0.4, 0.5) is 17.6 Å². The number of para-hydroxylation sites is 1. The third-order valence-corrected chi connectivity index (χ3v) is 8.03. The van der Waals surface area contributed by atoms with Crippen molar-refractivity contribution in [3.8, 4) is 11.4 Å². The Morgan fingerprint density at radius 1 is 0.756 bits per heavy atom. The highest BCUT2D eigenvalue weighted by Crippen LogP contribution is 2.32. The maximum atomic E-state index is 12.7. The smallest absolute Gasteiger partial charge is 0.295 e. The monoisotopic (exact) mass is 595 g/mol. The number of aromatic nitrogens is 3. The normalized spacial score (nSPS) is 14.3. The van der Waals surface area contributed by atoms with Gasteiger partial charge in [-0.05, 0) is 35.4 Å². The van der Waals surface area contributed by atoms with Gasteiger partial charge >= 0.3 is 0 Å². The van der Waals surface area contributed by atoms with Crippen molar-refractivity contribution in [3.63, 3.8) is 0 Å². The minimum atomic E-state index is -4.84. The number of nitrogens with zero attached hydrogens (tertiary/aromatic N) is 4. The molecule has 0 bridgehead atoms. The first-order valence-corrected chi connectivity index (χ1v) is 15.2. The number of hydrogen-bond donors (Lipinski definition) is 3. The van der Waals surface area contributed by atoms with E-state index >= 15 is 0 Å². The minimum absolute atomic E-state index is 0.00531. The molecule has 3 aromatic carbocycles. The number of nitrogens with one attached hydrogen (secondary N) is 1. The molecule has 4 aromatic rings. The van der Waals surface area contributed by atoms with E-state index in [1.807, 2.05) is 35.2 Å². The Labute approximate surface area is 236 Å². The van der Waals surface area contributed by atoms with Crippen LogP contribution in [0.15, 0.2) is 82.6 Å². The van der Waals surface area contributed by atoms with Gasteiger partial charge in [-0.2, -0.15) is 31.8 Å². The predicted molar refractivity (Wildman–Crippen MR) is 153 cm³/mol. The number of hydrogen-bond acceptors (Lipinski definition) is 10. The van der Waals surface area contributed by atoms with Gasteiger partial charge in [0.2, 0.25) is 11.9 Å². The zero-order chi connectivity index (χ0) is 29.0. The van der Waals surface area contributed by atoms with Gasteiger partial charge in [0.25, 0.3) is 20.2 Å². The van der Waals surface area contributed by atoms with Crippen LogP contribution >= 0.6 is 0 Å². The molecule has 0 atom stereocenters. The zero-order valence-corrected chi connectivity index (χ0v) is 23.1. The molecule has 0 spiro atoms. The van der Waals surface area contributed by atoms with E-state index < -0.39 is 25.1 Å². The molecule has 0 radical (unpaired) electrons. The first-order chi connectivity index (χ1) is 19.6. The fourth-order valence-corrected chi connectivity index (χ4v) is 5.83. The summed E-state index contributed by atoms with van der Waals surface area (Å²) >= 11 is 0. The lowest BCUT2D eigenvalue weighted by atomic mass is 10.1. The molecule has 0 unspecified atom stereocenters. The second kappa shape index (κ2) is 11.7. The molecule has 41 heavy (non-hydrogen) atoms. The molecule has 12 nitrogen and oxygen atoms in total. The van der Waals surface area contributed by atoms with Gasteiger partial charge in [0.05, 0.1) is 13.2 Å². The van der Waals surface area contributed by atoms with Crippen LogP contribution in [0.3, 0.4) is 0 Å². The van der Waals surface area contributed by atoms with Crippen LogP contribution in [-0.4, -0.2) is 67.2 Å². The number of anilines is 3. The van der Waals surface area contributed by atoms with Crippen molar-refractivity contribution in [2.75, 3.05) is 36.5 Å². The van der Waals surface area contributed by atoms with Crippen molar-refractivity contribution in [2.45, 2.75) is 9.79 Å². The van der Waals surface area contributed by atoms with Crippen molar-refractivity contribution in [1.29, 1.82) is 0 Å². The average Bonchev–Trinajstić information content (AvgIpc) is 2.96. The minimum Gasteiger partial charge on any atom is -0.378 e. The van der Waals surface area contributed by atoms with Crippen LogP contribution in [0.1, 0.15) is 11.1 Å². The molecule has 1 aromatic heterocycles. The zero-order valence-electron chi connectivity index (χ0n) is 21.5. The molecule has 1 aliphatic heterocycles. The van der Waals surface area contributed by atoms with Crippen LogP contribution in [-0.2, 0) is 25.0 Å². The predicted octanol–water partition coefficient (Wildman–Crippen LogP) is 3.78. The number of morpholine rings is 1. The Kier molecular flexibility index (Phi) is 8.10. The molecule has 0 aliphatic carbocycles. The SMILES string of the molecule is O=S(=O)(O)c1ccccc1C=Cc1cccc(-c2nc(Nc3ccccc3)nc(N3CCOCC3)n2)c1S(=O)(=O)O. The quantitative estimate of drug-likeness (QED) is 0.199. The summed E-state index contributed by atoms with van der Waals surface area (Å²) in [6.45, 7) is 1.94. The second-order valence-electron chi connectivity index (χ2n) is 8.92. The van der Waals surface area contributed by atoms with Crippen molar-refractivity contribution < 1.29 is 30.7 Å². The molecule has 212 valence electrons. The van der Waals surface area contributed by atoms with E-state index in [4.69, 9.17) is 4.74 Å². The van der Waals surface area contributed by atoms with Crippen LogP contribution in [0, 0.1) is 0 Å². The molecule has 1 saturated heterocycles. The Morgan fingerprint density at radius 2 is 1.41 bits per heavy atom. The lowest BCUT2D eigenvalue weighted by Crippen LogP contribution is -2.37. The summed E-state index contributed by atoms with van der Waals surface area (Å²) in [4.78, 5) is 14.6. The first-order valence-electron chi connectivity index (χ1n) is 12.4. The second-order valence-corrected chi connectivity index (χ2v) is 11.7. The summed E-state index contributed by atoms with van der Waals surface area (Å²) in [5.74, 6) is 0.439. The van der Waals surface area contributed by atoms with Crippen molar-refractivity contribution in [1.82, 2.24) is 15.0 Å². The summed E-state index contributed by atoms with van der Waals surface area (Å²) in [6, 6.07) is 19.3. The number of rotatable bonds is 8. The van der Waals surface area contributed by atoms with Crippen LogP contribution in [0.25, 0.3) is 23.5 Å². The fourth-order valence-electron chi connectivity index (χ4n) is 4.28. The molecule has 3 N–H and O–H groups in total. The Morgan fingerprint density at radius 3 is 2.12 bits per heavy atom. The summed E-state index contributed by atoms with van der Waals surface area (Å²) in [6.07, 6.45) is 2.65. The third-order valence-electron chi connectivity index (χ3n) is 6.13. The summed E-state index contributed by atoms with van der Waals surface area (Å²) in [5.41, 5.74) is 0.861. The van der Waals surface area contributed by atoms with Gasteiger partial charge in [0, 0.05) is 24.3 Å². The van der Waals surface area contributed by atoms with Gasteiger partial charge in [-0.1, -0.05) is 60.7 Å². The lowest BCUT2D eigenvalue weighted by molar-refractivity contribution is 0.122. The maximum Gasteiger partial charge on any atom is 0.295 e. The molecular weight excluding hydrogens is 570 g/mol. The molecule has 14 heteroatoms. The average molecular weight is 596 g/mol. The first kappa shape index (κ1) is 28.3. The Balaban J connectivity index is 1.65. The lowest BCUT2D eigenvalue weighted by Gasteiger charge is -2.27. The fraction of sp³-hybridized carbons (Fsp3) is 0.148. The van der Waals surface area contributed by atoms with Gasteiger partial charge in [-0.15, -0.1) is 0 Å². The third kappa shape index (κ3) is 6.75. The van der Waals surface area contributed by atoms with E-state index in [0.29, 0.717) is 37.9 Å². The van der Waals surface area contributed by atoms with E-state index in [2.05, 4.69) is 20.3 Å². The molecular formula is C27H25N5O7S2. The van der Waals surface area contributed by atoms with Crippen molar-refractivity contribution >= 4 is 50.0 Å². The summed E-state index contributed by atoms with van der Waals surface area (Å²) in [5, 5.41) is 3.11. The van der Waals surface area contributed by atoms with Crippen molar-refractivity contribution in [2.24, 2.45) is 0 Å². The van der Waals surface area contributed by atoms with Gasteiger partial charge in [-0.3, -0.25) is 9.11 Å². The Hall–Kier alpha value is -4.21. The summed E-state index contributed by atoms with van der Waals surface area (Å²) < 4.78 is 74.4. The molecule has 5 rings (SSSR count). The number of benzene rings is 3. The van der Waals surface area contributed by atoms with Crippen LogP contribution < -0.4 is 10.2 Å². The van der Waals surface area contributed by atoms with Crippen LogP contribution in [0.5, 0.6) is 0 Å². The van der Waals surface area contributed by atoms with E-state index in [9.17, 15) is 25.9 Å². The van der Waals surface area contributed by atoms with Gasteiger partial charge in [-0.25, -0.2) is 0 Å². The molecule has 1 aliphatic rings. The van der Waals surface area contributed by atoms with E-state index in [-0.39, 0.29) is 33.4 Å². The van der Waals surface area contributed by atoms with Gasteiger partial charge in [0.1, 0.15) is 9.79 Å². The topological polar surface area (TPSA) is 172 Å². The highest BCUT2D eigenvalue weighted by atomic mass is 32.2. The van der Waals surface area contributed by atoms with Gasteiger partial charge in [0.15, 0.2) is 5.82 Å². The summed E-state index contributed by atoms with van der Waals surface area (Å²) in [7, 11) is -9.38. The van der Waals surface area contributed by atoms with Crippen molar-refractivity contribution in [3.05, 3.63) is 83.9 Å². The van der Waals surface area contributed by atoms with Gasteiger partial charge < -0.3 is 15.0 Å². The molecule has 2 heterocycles. The van der Waals surface area contributed by atoms with Crippen LogP contribution in [0.2, 0.25) is 0 Å². The number of ether oxygens (including phenoxy) is 1. The molecule has 0 saturated carbocycles. The molecule has 0 amide bonds. The van der Waals surface area contributed by atoms with E-state index in [1.165, 1.54) is 42.5 Å². The standard InChI is InChI=1S/C27H25N5O7S2/c33-40(34,35)23-12-5-4-7-19(23)13-14-20-8-6-11-22(24(20)41(36,37)38)25-29-26(28-21-9-2-1-3-10-21)31-27(30-25)32-15-17-39-18-16-32/h1-14H,15-18H2,(H,33,34,35)(H,36,37,38)(H,28,29,30,31). The molecule has 1 fully saturated rings. The highest BCUT2D eigenvalue weighted by molar-refractivity contribution is 7.86. The van der Waals surface area contributed by atoms with E-state index in [1.54, 1.807) is 12.1 Å². The van der Waals surface area contributed by atoms with E-state index in [0.717, 1.165) is 0 Å². The highest BCUT2D eigenvalue weighted by Gasteiger charge is 2.25. The Bertz CT molecular complexity index is 1810.